The van der Waals surface area contributed by atoms with Crippen molar-refractivity contribution >= 4 is 28.7 Å². The van der Waals surface area contributed by atoms with Crippen molar-refractivity contribution in [3.8, 4) is 16.8 Å². The number of carbonyl (C=O) groups excluding carboxylic acids is 1. The largest absolute Gasteiger partial charge is 0.478 e. The minimum Gasteiger partial charge on any atom is -0.478 e. The van der Waals surface area contributed by atoms with Crippen LogP contribution in [0.4, 0.5) is 10.5 Å². The van der Waals surface area contributed by atoms with Crippen molar-refractivity contribution < 1.29 is 14.7 Å². The van der Waals surface area contributed by atoms with Crippen molar-refractivity contribution in [2.75, 3.05) is 11.9 Å². The first-order chi connectivity index (χ1) is 19.4. The molecule has 208 valence electrons. The molecule has 7 heteroatoms. The molecule has 7 nitrogen and oxygen atoms in total. The maximum atomic E-state index is 13.1. The topological polar surface area (TPSA) is 87.5 Å². The molecule has 40 heavy (non-hydrogen) atoms. The normalized spacial score (nSPS) is 13.9. The predicted molar refractivity (Wildman–Crippen MR) is 161 cm³/mol. The van der Waals surface area contributed by atoms with Gasteiger partial charge in [0.25, 0.3) is 0 Å². The Kier molecular flexibility index (Phi) is 8.19. The number of carboxylic acid groups (broad SMARTS) is 1. The summed E-state index contributed by atoms with van der Waals surface area (Å²) in [5.41, 5.74) is 6.59. The predicted octanol–water partition coefficient (Wildman–Crippen LogP) is 7.52. The van der Waals surface area contributed by atoms with Crippen LogP contribution in [0.1, 0.15) is 73.6 Å². The molecule has 3 aromatic carbocycles. The van der Waals surface area contributed by atoms with Crippen molar-refractivity contribution in [2.45, 2.75) is 71.3 Å². The Morgan fingerprint density at radius 1 is 1.02 bits per heavy atom. The number of nitrogens with one attached hydrogen (secondary N) is 1. The van der Waals surface area contributed by atoms with Crippen LogP contribution in [0.3, 0.4) is 0 Å². The maximum absolute atomic E-state index is 13.1. The molecule has 2 amide bonds. The van der Waals surface area contributed by atoms with Crippen LogP contribution >= 0.6 is 0 Å². The molecule has 2 N–H and O–H groups in total. The van der Waals surface area contributed by atoms with Gasteiger partial charge < -0.3 is 10.4 Å². The number of aromatic nitrogens is 2. The highest BCUT2D eigenvalue weighted by molar-refractivity contribution is 5.97. The molecule has 1 aliphatic carbocycles. The van der Waals surface area contributed by atoms with Gasteiger partial charge >= 0.3 is 12.0 Å². The van der Waals surface area contributed by atoms with E-state index in [1.807, 2.05) is 48.2 Å². The fourth-order valence-corrected chi connectivity index (χ4v) is 6.00. The number of hydrogen-bond donors (Lipinski definition) is 2. The summed E-state index contributed by atoms with van der Waals surface area (Å²) in [5, 5.41) is 12.6. The zero-order chi connectivity index (χ0) is 28.2. The van der Waals surface area contributed by atoms with E-state index in [9.17, 15) is 14.7 Å². The number of imidazole rings is 1. The molecular formula is C33H38N4O3. The maximum Gasteiger partial charge on any atom is 0.336 e. The van der Waals surface area contributed by atoms with Crippen LogP contribution in [0.25, 0.3) is 27.8 Å². The van der Waals surface area contributed by atoms with E-state index in [0.717, 1.165) is 84.3 Å². The number of aromatic carboxylic acids is 1. The van der Waals surface area contributed by atoms with Gasteiger partial charge in [-0.25, -0.2) is 14.6 Å². The number of urea groups is 1. The second kappa shape index (κ2) is 11.9. The van der Waals surface area contributed by atoms with Gasteiger partial charge in [-0.1, -0.05) is 56.9 Å². The molecule has 0 aliphatic heterocycles. The molecule has 0 atom stereocenters. The molecule has 0 bridgehead atoms. The molecule has 1 aromatic heterocycles. The molecule has 0 saturated heterocycles. The van der Waals surface area contributed by atoms with Crippen molar-refractivity contribution in [2.24, 2.45) is 0 Å². The number of carboxylic acids is 1. The van der Waals surface area contributed by atoms with E-state index in [-0.39, 0.29) is 17.6 Å². The summed E-state index contributed by atoms with van der Waals surface area (Å²) >= 11 is 0. The molecular weight excluding hydrogens is 500 g/mol. The fraction of sp³-hybridized carbons (Fsp3) is 0.364. The average Bonchev–Trinajstić information content (AvgIpc) is 3.34. The molecule has 0 radical (unpaired) electrons. The Morgan fingerprint density at radius 2 is 1.80 bits per heavy atom. The smallest absolute Gasteiger partial charge is 0.336 e. The highest BCUT2D eigenvalue weighted by Crippen LogP contribution is 2.34. The molecule has 0 spiro atoms. The third-order valence-electron chi connectivity index (χ3n) is 8.03. The number of fused-ring (bicyclic) bond motifs is 1. The summed E-state index contributed by atoms with van der Waals surface area (Å²) in [6.07, 6.45) is 8.42. The lowest BCUT2D eigenvalue weighted by Gasteiger charge is -2.34. The fourth-order valence-electron chi connectivity index (χ4n) is 6.00. The van der Waals surface area contributed by atoms with Crippen molar-refractivity contribution in [3.63, 3.8) is 0 Å². The third-order valence-corrected chi connectivity index (χ3v) is 8.03. The van der Waals surface area contributed by atoms with E-state index in [1.165, 1.54) is 6.42 Å². The van der Waals surface area contributed by atoms with Crippen LogP contribution in [-0.2, 0) is 6.42 Å². The second-order valence-electron chi connectivity index (χ2n) is 10.7. The second-order valence-corrected chi connectivity index (χ2v) is 10.7. The van der Waals surface area contributed by atoms with Crippen LogP contribution in [0.15, 0.2) is 60.7 Å². The van der Waals surface area contributed by atoms with Gasteiger partial charge in [0.05, 0.1) is 16.6 Å². The van der Waals surface area contributed by atoms with Gasteiger partial charge in [0, 0.05) is 30.9 Å². The van der Waals surface area contributed by atoms with Gasteiger partial charge in [-0.05, 0) is 79.3 Å². The molecule has 1 saturated carbocycles. The third kappa shape index (κ3) is 5.33. The Balaban J connectivity index is 1.63. The Hall–Kier alpha value is -4.13. The number of rotatable bonds is 8. The number of carbonyl (C=O) groups is 2. The number of benzene rings is 3. The number of hydrogen-bond acceptors (Lipinski definition) is 3. The summed E-state index contributed by atoms with van der Waals surface area (Å²) in [7, 11) is 1.69. The van der Waals surface area contributed by atoms with Gasteiger partial charge in [0.2, 0.25) is 0 Å². The highest BCUT2D eigenvalue weighted by atomic mass is 16.4. The van der Waals surface area contributed by atoms with Gasteiger partial charge in [0.1, 0.15) is 5.82 Å². The van der Waals surface area contributed by atoms with Crippen LogP contribution in [0, 0.1) is 6.92 Å². The van der Waals surface area contributed by atoms with Crippen molar-refractivity contribution in [3.05, 3.63) is 77.6 Å². The molecule has 0 unspecified atom stereocenters. The first-order valence-electron chi connectivity index (χ1n) is 14.4. The highest BCUT2D eigenvalue weighted by Gasteiger charge is 2.27. The summed E-state index contributed by atoms with van der Waals surface area (Å²) < 4.78 is 2.21. The number of unbranched alkanes of at least 4 members (excludes halogenated alkanes) is 1. The summed E-state index contributed by atoms with van der Waals surface area (Å²) in [4.78, 5) is 31.9. The van der Waals surface area contributed by atoms with E-state index in [4.69, 9.17) is 4.98 Å². The number of anilines is 1. The summed E-state index contributed by atoms with van der Waals surface area (Å²) in [6, 6.07) is 19.5. The van der Waals surface area contributed by atoms with Gasteiger partial charge in [-0.3, -0.25) is 9.47 Å². The zero-order valence-electron chi connectivity index (χ0n) is 23.6. The molecule has 4 aromatic rings. The first kappa shape index (κ1) is 27.4. The van der Waals surface area contributed by atoms with Crippen molar-refractivity contribution in [1.82, 2.24) is 14.9 Å². The quantitative estimate of drug-likeness (QED) is 0.243. The minimum atomic E-state index is -0.937. The van der Waals surface area contributed by atoms with Crippen LogP contribution in [0.5, 0.6) is 0 Å². The van der Waals surface area contributed by atoms with Crippen LogP contribution in [0.2, 0.25) is 0 Å². The Labute approximate surface area is 235 Å². The van der Waals surface area contributed by atoms with Gasteiger partial charge in [-0.15, -0.1) is 0 Å². The first-order valence-corrected chi connectivity index (χ1v) is 14.4. The molecule has 5 rings (SSSR count). The van der Waals surface area contributed by atoms with Crippen molar-refractivity contribution in [1.29, 1.82) is 0 Å². The van der Waals surface area contributed by atoms with Crippen LogP contribution in [-0.4, -0.2) is 39.7 Å². The van der Waals surface area contributed by atoms with Crippen LogP contribution < -0.4 is 10.2 Å². The van der Waals surface area contributed by atoms with Gasteiger partial charge in [0.15, 0.2) is 0 Å². The van der Waals surface area contributed by atoms with E-state index < -0.39 is 5.97 Å². The average molecular weight is 539 g/mol. The lowest BCUT2D eigenvalue weighted by atomic mass is 9.94. The number of aryl methyl sites for hydroxylation is 2. The lowest BCUT2D eigenvalue weighted by Crippen LogP contribution is -2.46. The number of amides is 2. The van der Waals surface area contributed by atoms with Gasteiger partial charge in [-0.2, -0.15) is 0 Å². The van der Waals surface area contributed by atoms with E-state index in [1.54, 1.807) is 19.2 Å². The number of nitrogens with zero attached hydrogens (tertiary/aromatic N) is 3. The standard InChI is InChI=1S/C33H38N4O3/c1-4-5-15-31-35-29-19-17-25(36(33(40)34-3)23-11-7-6-8-12-23)21-30(29)37(31)24-16-18-26(22(2)20-24)27-13-9-10-14-28(27)32(38)39/h9-10,13-14,16-21,23H,4-8,11-12,15H2,1-3H3,(H,34,40)(H,38,39). The SMILES string of the molecule is CCCCc1nc2ccc(N(C(=O)NC)C3CCCCC3)cc2n1-c1ccc(-c2ccccc2C(=O)O)c(C)c1. The van der Waals surface area contributed by atoms with E-state index >= 15 is 0 Å². The Bertz CT molecular complexity index is 1530. The molecule has 1 aliphatic rings. The lowest BCUT2D eigenvalue weighted by molar-refractivity contribution is 0.0697. The molecule has 1 heterocycles. The summed E-state index contributed by atoms with van der Waals surface area (Å²) in [5.74, 6) is 0.0453. The monoisotopic (exact) mass is 538 g/mol. The van der Waals surface area contributed by atoms with E-state index in [2.05, 4.69) is 28.9 Å². The van der Waals surface area contributed by atoms with E-state index in [0.29, 0.717) is 5.56 Å². The minimum absolute atomic E-state index is 0.0826. The zero-order valence-corrected chi connectivity index (χ0v) is 23.6. The summed E-state index contributed by atoms with van der Waals surface area (Å²) in [6.45, 7) is 4.19. The Morgan fingerprint density at radius 3 is 2.50 bits per heavy atom. The molecule has 1 fully saturated rings.